The molecule has 3 atom stereocenters. The van der Waals surface area contributed by atoms with Crippen molar-refractivity contribution in [1.29, 1.82) is 0 Å². The molecule has 0 saturated carbocycles. The van der Waals surface area contributed by atoms with Gasteiger partial charge in [0.1, 0.15) is 35.9 Å². The number of hydrogen-bond donors (Lipinski definition) is 1. The number of halogens is 4. The summed E-state index contributed by atoms with van der Waals surface area (Å²) in [6.07, 6.45) is 0.990. The number of hydrogen-bond acceptors (Lipinski definition) is 7. The van der Waals surface area contributed by atoms with Crippen LogP contribution in [0.15, 0.2) is 54.9 Å². The van der Waals surface area contributed by atoms with Gasteiger partial charge >= 0.3 is 6.01 Å². The molecule has 3 aliphatic heterocycles. The van der Waals surface area contributed by atoms with E-state index < -0.39 is 35.3 Å². The van der Waals surface area contributed by atoms with E-state index in [1.54, 1.807) is 29.2 Å². The number of nitrogens with zero attached hydrogens (tertiary/aromatic N) is 6. The first-order chi connectivity index (χ1) is 23.1. The number of alkyl halides is 1. The third kappa shape index (κ3) is 5.44. The van der Waals surface area contributed by atoms with E-state index in [9.17, 15) is 18.7 Å². The molecule has 3 fully saturated rings. The summed E-state index contributed by atoms with van der Waals surface area (Å²) in [6, 6.07) is 11.1. The van der Waals surface area contributed by atoms with Crippen molar-refractivity contribution in [3.8, 4) is 22.9 Å². The monoisotopic (exact) mass is 676 g/mol. The van der Waals surface area contributed by atoms with Crippen molar-refractivity contribution < 1.29 is 27.8 Å². The topological polar surface area (TPSA) is 86.4 Å². The summed E-state index contributed by atoms with van der Waals surface area (Å²) >= 11 is 6.57. The van der Waals surface area contributed by atoms with Crippen molar-refractivity contribution in [2.75, 3.05) is 50.8 Å². The molecule has 0 radical (unpaired) electrons. The zero-order valence-corrected chi connectivity index (χ0v) is 26.7. The molecule has 0 bridgehead atoms. The molecule has 4 heterocycles. The van der Waals surface area contributed by atoms with Gasteiger partial charge in [-0.25, -0.2) is 19.7 Å². The molecule has 9 nitrogen and oxygen atoms in total. The van der Waals surface area contributed by atoms with Crippen LogP contribution in [0.4, 0.5) is 19.0 Å². The molecular formula is C35H32ClF3N6O3. The number of amides is 1. The molecule has 3 saturated heterocycles. The maximum atomic E-state index is 16.9. The van der Waals surface area contributed by atoms with Crippen LogP contribution in [0.5, 0.6) is 11.8 Å². The number of anilines is 1. The average Bonchev–Trinajstić information content (AvgIpc) is 3.59. The fraction of sp³-hybridized carbons (Fsp3) is 0.371. The third-order valence-electron chi connectivity index (χ3n) is 9.80. The van der Waals surface area contributed by atoms with Gasteiger partial charge in [0.05, 0.1) is 11.1 Å². The first kappa shape index (κ1) is 32.0. The van der Waals surface area contributed by atoms with E-state index in [1.807, 2.05) is 12.1 Å². The van der Waals surface area contributed by atoms with Gasteiger partial charge in [-0.2, -0.15) is 9.97 Å². The average molecular weight is 677 g/mol. The number of rotatable bonds is 7. The Bertz CT molecular complexity index is 2000. The first-order valence-electron chi connectivity index (χ1n) is 15.8. The lowest BCUT2D eigenvalue weighted by Gasteiger charge is -2.39. The second-order valence-electron chi connectivity index (χ2n) is 12.7. The molecule has 3 aromatic carbocycles. The Labute approximate surface area is 280 Å². The number of ether oxygens (including phenoxy) is 1. The predicted molar refractivity (Wildman–Crippen MR) is 177 cm³/mol. The van der Waals surface area contributed by atoms with Crippen LogP contribution < -0.4 is 9.64 Å². The van der Waals surface area contributed by atoms with Crippen molar-refractivity contribution in [1.82, 2.24) is 19.8 Å². The predicted octanol–water partition coefficient (Wildman–Crippen LogP) is 6.32. The number of piperazine rings is 1. The number of phenolic OH excluding ortho intramolecular Hbond substituents is 1. The van der Waals surface area contributed by atoms with E-state index in [1.165, 1.54) is 11.0 Å². The SMILES string of the molecule is [C-]#[N+]C[C@H]1CN(c2nc(OC[C@@]34CCCN3C[C@H](F)C4)nc3c(F)c(-c4cccc5cccc(Cl)c45)c(O)cc23)CCN1C(=O)C(=C)F. The Kier molecular flexibility index (Phi) is 8.29. The highest BCUT2D eigenvalue weighted by molar-refractivity contribution is 6.36. The number of carbonyl (C=O) groups excluding carboxylic acids is 1. The highest BCUT2D eigenvalue weighted by atomic mass is 35.5. The largest absolute Gasteiger partial charge is 0.507 e. The van der Waals surface area contributed by atoms with Crippen LogP contribution in [0.25, 0.3) is 37.6 Å². The van der Waals surface area contributed by atoms with E-state index >= 15 is 4.39 Å². The molecule has 0 aliphatic carbocycles. The van der Waals surface area contributed by atoms with E-state index in [0.717, 1.165) is 24.8 Å². The minimum Gasteiger partial charge on any atom is -0.507 e. The summed E-state index contributed by atoms with van der Waals surface area (Å²) in [5.41, 5.74) is -0.373. The molecule has 3 aliphatic rings. The highest BCUT2D eigenvalue weighted by Crippen LogP contribution is 2.44. The molecule has 48 heavy (non-hydrogen) atoms. The van der Waals surface area contributed by atoms with Crippen LogP contribution in [-0.2, 0) is 4.79 Å². The first-order valence-corrected chi connectivity index (χ1v) is 16.1. The van der Waals surface area contributed by atoms with Gasteiger partial charge in [-0.15, -0.1) is 0 Å². The summed E-state index contributed by atoms with van der Waals surface area (Å²) in [6.45, 7) is 11.9. The lowest BCUT2D eigenvalue weighted by atomic mass is 9.95. The Morgan fingerprint density at radius 3 is 2.75 bits per heavy atom. The summed E-state index contributed by atoms with van der Waals surface area (Å²) in [4.78, 5) is 30.3. The minimum absolute atomic E-state index is 0.0423. The second kappa shape index (κ2) is 12.5. The highest BCUT2D eigenvalue weighted by Gasteiger charge is 2.49. The number of aromatic nitrogens is 2. The number of fused-ring (bicyclic) bond motifs is 3. The van der Waals surface area contributed by atoms with Gasteiger partial charge in [0.2, 0.25) is 6.54 Å². The quantitative estimate of drug-likeness (QED) is 0.181. The fourth-order valence-corrected chi connectivity index (χ4v) is 7.91. The van der Waals surface area contributed by atoms with Gasteiger partial charge in [-0.3, -0.25) is 9.69 Å². The van der Waals surface area contributed by atoms with E-state index in [4.69, 9.17) is 22.9 Å². The summed E-state index contributed by atoms with van der Waals surface area (Å²) < 4.78 is 51.5. The minimum atomic E-state index is -1.13. The molecule has 7 rings (SSSR count). The van der Waals surface area contributed by atoms with Gasteiger partial charge in [-0.05, 0) is 42.5 Å². The zero-order valence-electron chi connectivity index (χ0n) is 25.9. The van der Waals surface area contributed by atoms with Crippen molar-refractivity contribution in [3.63, 3.8) is 0 Å². The molecule has 1 aromatic heterocycles. The zero-order chi connectivity index (χ0) is 33.7. The molecule has 4 aromatic rings. The smallest absolute Gasteiger partial charge is 0.319 e. The maximum absolute atomic E-state index is 16.9. The molecule has 0 spiro atoms. The lowest BCUT2D eigenvalue weighted by molar-refractivity contribution is -0.131. The normalized spacial score (nSPS) is 22.6. The van der Waals surface area contributed by atoms with Gasteiger partial charge in [0.15, 0.2) is 11.6 Å². The van der Waals surface area contributed by atoms with Crippen molar-refractivity contribution in [3.05, 3.63) is 77.1 Å². The van der Waals surface area contributed by atoms with Crippen LogP contribution >= 0.6 is 11.6 Å². The number of carbonyl (C=O) groups is 1. The standard InChI is InChI=1S/C35H32ClF3N6O3/c1-20(37)33(47)45-13-12-43(18-23(45)16-40-2)32-25-14-27(46)29(24-8-3-6-21-7-4-9-26(36)28(21)24)30(39)31(25)41-34(42-32)48-19-35-10-5-11-44(35)17-22(38)15-35/h3-4,6-9,14,22-23,46H,1,5,10-13,15-19H2/t22-,23+,35+/m1/s1. The van der Waals surface area contributed by atoms with Gasteiger partial charge in [0, 0.05) is 48.4 Å². The molecular weight excluding hydrogens is 645 g/mol. The van der Waals surface area contributed by atoms with Gasteiger partial charge in [0.25, 0.3) is 5.91 Å². The maximum Gasteiger partial charge on any atom is 0.319 e. The van der Waals surface area contributed by atoms with Crippen molar-refractivity contribution in [2.24, 2.45) is 0 Å². The Morgan fingerprint density at radius 2 is 1.98 bits per heavy atom. The molecule has 1 amide bonds. The van der Waals surface area contributed by atoms with Crippen LogP contribution in [0, 0.1) is 12.4 Å². The van der Waals surface area contributed by atoms with Gasteiger partial charge < -0.3 is 24.5 Å². The van der Waals surface area contributed by atoms with Crippen LogP contribution in [0.3, 0.4) is 0 Å². The molecule has 13 heteroatoms. The second-order valence-corrected chi connectivity index (χ2v) is 13.1. The van der Waals surface area contributed by atoms with E-state index in [2.05, 4.69) is 26.3 Å². The van der Waals surface area contributed by atoms with Crippen LogP contribution in [0.1, 0.15) is 19.3 Å². The van der Waals surface area contributed by atoms with Crippen LogP contribution in [0.2, 0.25) is 5.02 Å². The fourth-order valence-electron chi connectivity index (χ4n) is 7.62. The summed E-state index contributed by atoms with van der Waals surface area (Å²) in [5.74, 6) is -3.01. The number of benzene rings is 3. The Balaban J connectivity index is 1.35. The van der Waals surface area contributed by atoms with E-state index in [0.29, 0.717) is 28.9 Å². The summed E-state index contributed by atoms with van der Waals surface area (Å²) in [7, 11) is 0. The van der Waals surface area contributed by atoms with Crippen molar-refractivity contribution in [2.45, 2.75) is 37.0 Å². The van der Waals surface area contributed by atoms with Crippen molar-refractivity contribution >= 4 is 45.0 Å². The lowest BCUT2D eigenvalue weighted by Crippen LogP contribution is -2.56. The molecule has 248 valence electrons. The number of aromatic hydroxyl groups is 1. The van der Waals surface area contributed by atoms with E-state index in [-0.39, 0.29) is 66.8 Å². The Hall–Kier alpha value is -4.60. The molecule has 1 N–H and O–H groups in total. The molecule has 0 unspecified atom stereocenters. The van der Waals surface area contributed by atoms with Gasteiger partial charge in [-0.1, -0.05) is 48.5 Å². The Morgan fingerprint density at radius 1 is 1.19 bits per heavy atom. The van der Waals surface area contributed by atoms with Crippen LogP contribution in [-0.4, -0.2) is 94.4 Å². The third-order valence-corrected chi connectivity index (χ3v) is 10.1. The number of phenols is 1. The summed E-state index contributed by atoms with van der Waals surface area (Å²) in [5, 5.41) is 13.3.